The first-order valence-corrected chi connectivity index (χ1v) is 9.73. The van der Waals surface area contributed by atoms with Crippen molar-refractivity contribution in [2.24, 2.45) is 0 Å². The van der Waals surface area contributed by atoms with E-state index in [0.29, 0.717) is 0 Å². The van der Waals surface area contributed by atoms with Crippen LogP contribution in [0.15, 0.2) is 24.3 Å². The van der Waals surface area contributed by atoms with Crippen LogP contribution in [0.1, 0.15) is 33.1 Å². The van der Waals surface area contributed by atoms with E-state index in [1.807, 2.05) is 0 Å². The number of aliphatic carboxylic acids is 1. The van der Waals surface area contributed by atoms with Gasteiger partial charge < -0.3 is 29.7 Å². The van der Waals surface area contributed by atoms with E-state index in [1.165, 1.54) is 19.9 Å². The van der Waals surface area contributed by atoms with Gasteiger partial charge in [0.05, 0.1) is 12.3 Å². The zero-order valence-corrected chi connectivity index (χ0v) is 15.6. The van der Waals surface area contributed by atoms with Gasteiger partial charge in [0.15, 0.2) is 0 Å². The van der Waals surface area contributed by atoms with Crippen LogP contribution in [-0.2, 0) is 18.9 Å². The molecule has 1 atom stereocenters. The summed E-state index contributed by atoms with van der Waals surface area (Å²) >= 11 is 0. The number of carbonyl (C=O) groups excluding carboxylic acids is 1. The number of hydrogen-bond donors (Lipinski definition) is 4. The molecule has 9 nitrogen and oxygen atoms in total. The van der Waals surface area contributed by atoms with Gasteiger partial charge in [-0.25, -0.2) is 0 Å². The summed E-state index contributed by atoms with van der Waals surface area (Å²) in [7, 11) is -4.91. The highest BCUT2D eigenvalue weighted by atomic mass is 31.2. The molecular formula is C16H24NO8P. The summed E-state index contributed by atoms with van der Waals surface area (Å²) in [6.07, 6.45) is -0.00740. The average molecular weight is 389 g/mol. The van der Waals surface area contributed by atoms with Gasteiger partial charge in [0.1, 0.15) is 5.75 Å². The van der Waals surface area contributed by atoms with Crippen LogP contribution in [0.5, 0.6) is 5.75 Å². The maximum Gasteiger partial charge on any atom is 0.366 e. The van der Waals surface area contributed by atoms with Crippen LogP contribution < -0.4 is 10.1 Å². The number of para-hydroxylation sites is 2. The summed E-state index contributed by atoms with van der Waals surface area (Å²) < 4.78 is 22.5. The molecule has 0 heterocycles. The minimum Gasteiger partial charge on any atom is -0.491 e. The lowest BCUT2D eigenvalue weighted by atomic mass is 10.2. The third kappa shape index (κ3) is 5.54. The van der Waals surface area contributed by atoms with Crippen molar-refractivity contribution in [2.75, 3.05) is 18.5 Å². The minimum atomic E-state index is -4.91. The van der Waals surface area contributed by atoms with E-state index in [9.17, 15) is 23.9 Å². The molecule has 0 aliphatic heterocycles. The van der Waals surface area contributed by atoms with Crippen molar-refractivity contribution in [2.45, 2.75) is 38.5 Å². The van der Waals surface area contributed by atoms with E-state index in [4.69, 9.17) is 14.6 Å². The van der Waals surface area contributed by atoms with Crippen LogP contribution in [0, 0.1) is 0 Å². The number of anilines is 1. The molecule has 0 bridgehead atoms. The third-order valence-electron chi connectivity index (χ3n) is 3.62. The molecule has 0 fully saturated rings. The monoisotopic (exact) mass is 389 g/mol. The molecular weight excluding hydrogens is 365 g/mol. The van der Waals surface area contributed by atoms with E-state index in [0.717, 1.165) is 0 Å². The summed E-state index contributed by atoms with van der Waals surface area (Å²) in [6.45, 7) is 3.04. The van der Waals surface area contributed by atoms with Gasteiger partial charge in [0.25, 0.3) is 5.91 Å². The molecule has 1 aromatic carbocycles. The molecule has 0 spiro atoms. The lowest BCUT2D eigenvalue weighted by Crippen LogP contribution is -2.44. The van der Waals surface area contributed by atoms with Crippen LogP contribution in [0.4, 0.5) is 5.69 Å². The summed E-state index contributed by atoms with van der Waals surface area (Å²) in [6, 6.07) is 6.34. The Hall–Kier alpha value is -1.93. The predicted octanol–water partition coefficient (Wildman–Crippen LogP) is 2.19. The second-order valence-corrected chi connectivity index (χ2v) is 7.22. The molecule has 0 saturated heterocycles. The number of carbonyl (C=O) groups is 2. The van der Waals surface area contributed by atoms with Crippen LogP contribution in [-0.4, -0.2) is 45.3 Å². The molecule has 26 heavy (non-hydrogen) atoms. The van der Waals surface area contributed by atoms with Gasteiger partial charge in [-0.05, 0) is 31.9 Å². The van der Waals surface area contributed by atoms with Crippen LogP contribution >= 0.6 is 7.60 Å². The summed E-state index contributed by atoms with van der Waals surface area (Å²) in [5, 5.41) is 8.78. The van der Waals surface area contributed by atoms with E-state index < -0.39 is 24.8 Å². The minimum absolute atomic E-state index is 0.0558. The molecule has 1 unspecified atom stereocenters. The van der Waals surface area contributed by atoms with Crippen LogP contribution in [0.25, 0.3) is 0 Å². The smallest absolute Gasteiger partial charge is 0.366 e. The highest BCUT2D eigenvalue weighted by molar-refractivity contribution is 7.54. The topological polar surface area (TPSA) is 142 Å². The van der Waals surface area contributed by atoms with E-state index >= 15 is 0 Å². The lowest BCUT2D eigenvalue weighted by Gasteiger charge is -2.31. The van der Waals surface area contributed by atoms with E-state index in [-0.39, 0.29) is 43.9 Å². The van der Waals surface area contributed by atoms with Crippen molar-refractivity contribution in [1.82, 2.24) is 0 Å². The molecule has 146 valence electrons. The number of benzene rings is 1. The normalized spacial score (nSPS) is 13.7. The summed E-state index contributed by atoms with van der Waals surface area (Å²) in [4.78, 5) is 42.4. The van der Waals surface area contributed by atoms with Gasteiger partial charge in [0, 0.05) is 13.0 Å². The number of hydrogen-bond acceptors (Lipinski definition) is 5. The zero-order chi connectivity index (χ0) is 19.8. The lowest BCUT2D eigenvalue weighted by molar-refractivity contribution is -0.137. The van der Waals surface area contributed by atoms with Gasteiger partial charge in [-0.1, -0.05) is 19.1 Å². The molecule has 1 rings (SSSR count). The number of carboxylic acid groups (broad SMARTS) is 1. The zero-order valence-electron chi connectivity index (χ0n) is 14.7. The van der Waals surface area contributed by atoms with Crippen LogP contribution in [0.2, 0.25) is 0 Å². The number of ether oxygens (including phenoxy) is 2. The van der Waals surface area contributed by atoms with Crippen molar-refractivity contribution in [3.63, 3.8) is 0 Å². The number of rotatable bonds is 11. The molecule has 0 aromatic heterocycles. The quantitative estimate of drug-likeness (QED) is 0.333. The average Bonchev–Trinajstić information content (AvgIpc) is 2.56. The highest BCUT2D eigenvalue weighted by Gasteiger charge is 2.53. The molecule has 1 aromatic rings. The Balaban J connectivity index is 2.97. The first-order chi connectivity index (χ1) is 12.2. The third-order valence-corrected chi connectivity index (χ3v) is 5.20. The number of nitrogens with one attached hydrogen (secondary N) is 1. The van der Waals surface area contributed by atoms with E-state index in [1.54, 1.807) is 18.2 Å². The van der Waals surface area contributed by atoms with Crippen molar-refractivity contribution in [1.29, 1.82) is 0 Å². The van der Waals surface area contributed by atoms with Crippen molar-refractivity contribution >= 4 is 25.2 Å². The highest BCUT2D eigenvalue weighted by Crippen LogP contribution is 2.54. The maximum absolute atomic E-state index is 12.6. The van der Waals surface area contributed by atoms with Gasteiger partial charge in [-0.3, -0.25) is 14.2 Å². The van der Waals surface area contributed by atoms with Gasteiger partial charge in [-0.15, -0.1) is 0 Å². The molecule has 0 saturated carbocycles. The molecule has 1 amide bonds. The maximum atomic E-state index is 12.6. The largest absolute Gasteiger partial charge is 0.491 e. The van der Waals surface area contributed by atoms with Crippen molar-refractivity contribution in [3.8, 4) is 5.75 Å². The second-order valence-electron chi connectivity index (χ2n) is 5.41. The fourth-order valence-corrected chi connectivity index (χ4v) is 3.34. The summed E-state index contributed by atoms with van der Waals surface area (Å²) in [5.74, 6) is -1.66. The molecule has 0 radical (unpaired) electrons. The standard InChI is InChI=1S/C16H24NO8P/c1-3-16(25-4-2,26(21,22)23)15(20)17-12-8-5-6-9-13(12)24-11-7-10-14(18)19/h5-6,8-9H,3-4,7,10-11H2,1-2H3,(H,17,20)(H,18,19)(H2,21,22,23). The molecule has 10 heteroatoms. The Bertz CT molecular complexity index is 674. The molecule has 0 aliphatic carbocycles. The Morgan fingerprint density at radius 1 is 1.23 bits per heavy atom. The fourth-order valence-electron chi connectivity index (χ4n) is 2.31. The molecule has 4 N–H and O–H groups in total. The van der Waals surface area contributed by atoms with Gasteiger partial charge in [-0.2, -0.15) is 0 Å². The van der Waals surface area contributed by atoms with Gasteiger partial charge in [0.2, 0.25) is 5.34 Å². The molecule has 0 aliphatic rings. The second kappa shape index (κ2) is 9.68. The summed E-state index contributed by atoms with van der Waals surface area (Å²) in [5.41, 5.74) is 0.207. The van der Waals surface area contributed by atoms with Crippen LogP contribution in [0.3, 0.4) is 0 Å². The Kier molecular flexibility index (Phi) is 8.23. The number of carboxylic acids is 1. The predicted molar refractivity (Wildman–Crippen MR) is 94.1 cm³/mol. The Labute approximate surface area is 151 Å². The SMILES string of the molecule is CCOC(CC)(C(=O)Nc1ccccc1OCCCC(=O)O)P(=O)(O)O. The first-order valence-electron chi connectivity index (χ1n) is 8.12. The Morgan fingerprint density at radius 2 is 1.88 bits per heavy atom. The van der Waals surface area contributed by atoms with Crippen molar-refractivity contribution < 1.29 is 38.5 Å². The van der Waals surface area contributed by atoms with Crippen molar-refractivity contribution in [3.05, 3.63) is 24.3 Å². The van der Waals surface area contributed by atoms with Gasteiger partial charge >= 0.3 is 13.6 Å². The number of amides is 1. The van der Waals surface area contributed by atoms with E-state index in [2.05, 4.69) is 5.32 Å². The first kappa shape index (κ1) is 22.1. The Morgan fingerprint density at radius 3 is 2.42 bits per heavy atom. The fraction of sp³-hybridized carbons (Fsp3) is 0.500.